The Hall–Kier alpha value is -2.83. The van der Waals surface area contributed by atoms with Gasteiger partial charge in [0.25, 0.3) is 5.91 Å². The molecule has 2 aromatic carbocycles. The largest absolute Gasteiger partial charge is 0.483 e. The molecule has 8 heteroatoms. The van der Waals surface area contributed by atoms with E-state index < -0.39 is 5.91 Å². The van der Waals surface area contributed by atoms with Gasteiger partial charge in [-0.25, -0.2) is 5.43 Å². The van der Waals surface area contributed by atoms with Gasteiger partial charge in [-0.05, 0) is 35.9 Å². The normalized spacial score (nSPS) is 10.8. The summed E-state index contributed by atoms with van der Waals surface area (Å²) in [4.78, 5) is 11.9. The van der Waals surface area contributed by atoms with E-state index in [1.807, 2.05) is 0 Å². The molecular weight excluding hydrogens is 377 g/mol. The first kappa shape index (κ1) is 18.0. The minimum atomic E-state index is -0.409. The summed E-state index contributed by atoms with van der Waals surface area (Å²) in [6.07, 6.45) is 3.02. The Morgan fingerprint density at radius 2 is 1.92 bits per heavy atom. The summed E-state index contributed by atoms with van der Waals surface area (Å²) in [6.45, 7) is -0.222. The molecule has 0 saturated carbocycles. The smallest absolute Gasteiger partial charge is 0.277 e. The lowest BCUT2D eigenvalue weighted by Crippen LogP contribution is -2.24. The van der Waals surface area contributed by atoms with E-state index in [1.165, 1.54) is 12.4 Å². The topological polar surface area (TPSA) is 76.7 Å². The van der Waals surface area contributed by atoms with E-state index in [2.05, 4.69) is 15.7 Å². The maximum Gasteiger partial charge on any atom is 0.277 e. The Bertz CT molecular complexity index is 910. The molecule has 0 fully saturated rings. The number of amides is 1. The van der Waals surface area contributed by atoms with Crippen LogP contribution in [0.2, 0.25) is 10.0 Å². The van der Waals surface area contributed by atoms with E-state index in [9.17, 15) is 4.79 Å². The number of hydrogen-bond donors (Lipinski definition) is 1. The molecule has 0 saturated heterocycles. The molecule has 132 valence electrons. The van der Waals surface area contributed by atoms with Gasteiger partial charge in [-0.2, -0.15) is 5.10 Å². The van der Waals surface area contributed by atoms with Crippen molar-refractivity contribution in [3.63, 3.8) is 0 Å². The molecule has 26 heavy (non-hydrogen) atoms. The molecule has 0 radical (unpaired) electrons. The number of nitrogens with zero attached hydrogens (tertiary/aromatic N) is 2. The molecule has 0 aliphatic carbocycles. The highest BCUT2D eigenvalue weighted by Crippen LogP contribution is 2.32. The number of hydrogen-bond acceptors (Lipinski definition) is 5. The first-order valence-electron chi connectivity index (χ1n) is 7.53. The van der Waals surface area contributed by atoms with Gasteiger partial charge in [0.1, 0.15) is 5.75 Å². The minimum absolute atomic E-state index is 0.222. The fourth-order valence-corrected chi connectivity index (χ4v) is 2.38. The standard InChI is InChI=1S/C18H13Cl2N3O3/c19-13-3-1-12(2-4-13)10-21-23-18(24)11-25-16-6-5-14(20)9-15(16)17-7-8-22-26-17/h1-10H,11H2,(H,23,24)/b21-10+. The van der Waals surface area contributed by atoms with Crippen molar-refractivity contribution in [3.05, 3.63) is 70.3 Å². The van der Waals surface area contributed by atoms with Crippen LogP contribution in [0.3, 0.4) is 0 Å². The summed E-state index contributed by atoms with van der Waals surface area (Å²) in [5.41, 5.74) is 3.80. The third-order valence-corrected chi connectivity index (χ3v) is 3.76. The number of halogens is 2. The molecule has 0 bridgehead atoms. The van der Waals surface area contributed by atoms with Gasteiger partial charge >= 0.3 is 0 Å². The molecule has 0 atom stereocenters. The second-order valence-electron chi connectivity index (χ2n) is 5.15. The zero-order chi connectivity index (χ0) is 18.4. The Labute approximate surface area is 159 Å². The molecule has 6 nitrogen and oxygen atoms in total. The third-order valence-electron chi connectivity index (χ3n) is 3.28. The van der Waals surface area contributed by atoms with Crippen LogP contribution in [0.15, 0.2) is 64.4 Å². The average Bonchev–Trinajstić information content (AvgIpc) is 3.17. The van der Waals surface area contributed by atoms with Crippen molar-refractivity contribution >= 4 is 35.3 Å². The summed E-state index contributed by atoms with van der Waals surface area (Å²) in [5, 5.41) is 8.68. The first-order valence-corrected chi connectivity index (χ1v) is 8.28. The number of ether oxygens (including phenoxy) is 1. The predicted octanol–water partition coefficient (Wildman–Crippen LogP) is 4.18. The van der Waals surface area contributed by atoms with Gasteiger partial charge in [-0.1, -0.05) is 40.5 Å². The molecule has 1 heterocycles. The van der Waals surface area contributed by atoms with Crippen LogP contribution >= 0.6 is 23.2 Å². The van der Waals surface area contributed by atoms with Crippen molar-refractivity contribution in [1.29, 1.82) is 0 Å². The molecule has 0 unspecified atom stereocenters. The molecule has 3 rings (SSSR count). The highest BCUT2D eigenvalue weighted by molar-refractivity contribution is 6.31. The Morgan fingerprint density at radius 3 is 2.65 bits per heavy atom. The number of aromatic nitrogens is 1. The maximum atomic E-state index is 11.9. The van der Waals surface area contributed by atoms with E-state index in [4.69, 9.17) is 32.5 Å². The fourth-order valence-electron chi connectivity index (χ4n) is 2.08. The number of nitrogens with one attached hydrogen (secondary N) is 1. The number of carbonyl (C=O) groups excluding carboxylic acids is 1. The number of benzene rings is 2. The Morgan fingerprint density at radius 1 is 1.15 bits per heavy atom. The quantitative estimate of drug-likeness (QED) is 0.506. The average molecular weight is 390 g/mol. The second kappa shape index (κ2) is 8.51. The second-order valence-corrected chi connectivity index (χ2v) is 6.02. The van der Waals surface area contributed by atoms with Crippen LogP contribution in [0.4, 0.5) is 0 Å². The van der Waals surface area contributed by atoms with Crippen molar-refractivity contribution in [3.8, 4) is 17.1 Å². The molecule has 0 aliphatic rings. The third kappa shape index (κ3) is 4.84. The number of rotatable bonds is 6. The molecule has 1 amide bonds. The van der Waals surface area contributed by atoms with Crippen LogP contribution in [0.1, 0.15) is 5.56 Å². The van der Waals surface area contributed by atoms with Crippen LogP contribution in [0.25, 0.3) is 11.3 Å². The van der Waals surface area contributed by atoms with Gasteiger partial charge in [-0.3, -0.25) is 4.79 Å². The lowest BCUT2D eigenvalue weighted by molar-refractivity contribution is -0.123. The van der Waals surface area contributed by atoms with Gasteiger partial charge in [0.05, 0.1) is 18.0 Å². The van der Waals surface area contributed by atoms with Gasteiger partial charge in [-0.15, -0.1) is 0 Å². The van der Waals surface area contributed by atoms with E-state index in [-0.39, 0.29) is 6.61 Å². The number of hydrazone groups is 1. The predicted molar refractivity (Wildman–Crippen MR) is 99.6 cm³/mol. The Kier molecular flexibility index (Phi) is 5.88. The molecule has 3 aromatic rings. The van der Waals surface area contributed by atoms with Gasteiger partial charge in [0.2, 0.25) is 0 Å². The van der Waals surface area contributed by atoms with E-state index in [1.54, 1.807) is 48.5 Å². The molecule has 0 aliphatic heterocycles. The summed E-state index contributed by atoms with van der Waals surface area (Å²) in [6, 6.07) is 13.7. The van der Waals surface area contributed by atoms with Gasteiger partial charge in [0, 0.05) is 16.1 Å². The van der Waals surface area contributed by atoms with Crippen molar-refractivity contribution in [1.82, 2.24) is 10.6 Å². The maximum absolute atomic E-state index is 11.9. The lowest BCUT2D eigenvalue weighted by atomic mass is 10.1. The van der Waals surface area contributed by atoms with Crippen LogP contribution < -0.4 is 10.2 Å². The van der Waals surface area contributed by atoms with Crippen LogP contribution in [-0.4, -0.2) is 23.9 Å². The summed E-state index contributed by atoms with van der Waals surface area (Å²) >= 11 is 11.8. The zero-order valence-electron chi connectivity index (χ0n) is 13.4. The zero-order valence-corrected chi connectivity index (χ0v) is 14.9. The highest BCUT2D eigenvalue weighted by atomic mass is 35.5. The summed E-state index contributed by atoms with van der Waals surface area (Å²) in [5.74, 6) is 0.528. The van der Waals surface area contributed by atoms with Crippen LogP contribution in [0, 0.1) is 0 Å². The molecular formula is C18H13Cl2N3O3. The minimum Gasteiger partial charge on any atom is -0.483 e. The molecule has 1 aromatic heterocycles. The van der Waals surface area contributed by atoms with Crippen LogP contribution in [0.5, 0.6) is 5.75 Å². The molecule has 0 spiro atoms. The van der Waals surface area contributed by atoms with Gasteiger partial charge in [0.15, 0.2) is 12.4 Å². The van der Waals surface area contributed by atoms with E-state index in [0.29, 0.717) is 27.1 Å². The SMILES string of the molecule is O=C(COc1ccc(Cl)cc1-c1ccno1)N/N=C/c1ccc(Cl)cc1. The van der Waals surface area contributed by atoms with E-state index in [0.717, 1.165) is 5.56 Å². The first-order chi connectivity index (χ1) is 12.6. The van der Waals surface area contributed by atoms with E-state index >= 15 is 0 Å². The monoisotopic (exact) mass is 389 g/mol. The number of carbonyl (C=O) groups is 1. The summed E-state index contributed by atoms with van der Waals surface area (Å²) in [7, 11) is 0. The highest BCUT2D eigenvalue weighted by Gasteiger charge is 2.12. The van der Waals surface area contributed by atoms with Crippen molar-refractivity contribution in [2.24, 2.45) is 5.10 Å². The van der Waals surface area contributed by atoms with Crippen molar-refractivity contribution in [2.45, 2.75) is 0 Å². The molecule has 1 N–H and O–H groups in total. The Balaban J connectivity index is 1.59. The summed E-state index contributed by atoms with van der Waals surface area (Å²) < 4.78 is 10.7. The van der Waals surface area contributed by atoms with Crippen molar-refractivity contribution in [2.75, 3.05) is 6.61 Å². The fraction of sp³-hybridized carbons (Fsp3) is 0.0556. The van der Waals surface area contributed by atoms with Crippen LogP contribution in [-0.2, 0) is 4.79 Å². The van der Waals surface area contributed by atoms with Gasteiger partial charge < -0.3 is 9.26 Å². The van der Waals surface area contributed by atoms with Crippen molar-refractivity contribution < 1.29 is 14.1 Å². The lowest BCUT2D eigenvalue weighted by Gasteiger charge is -2.09.